The molecule has 0 saturated carbocycles. The first-order valence-corrected chi connectivity index (χ1v) is 8.69. The Morgan fingerprint density at radius 3 is 1.93 bits per heavy atom. The van der Waals surface area contributed by atoms with Crippen LogP contribution in [0.25, 0.3) is 11.6 Å². The summed E-state index contributed by atoms with van der Waals surface area (Å²) in [5, 5.41) is 18.0. The van der Waals surface area contributed by atoms with Gasteiger partial charge in [-0.25, -0.2) is 0 Å². The highest BCUT2D eigenvalue weighted by atomic mass is 35.5. The van der Waals surface area contributed by atoms with E-state index in [1.165, 1.54) is 6.92 Å². The van der Waals surface area contributed by atoms with E-state index < -0.39 is 0 Å². The predicted octanol–water partition coefficient (Wildman–Crippen LogP) is 5.71. The van der Waals surface area contributed by atoms with Crippen molar-refractivity contribution in [3.8, 4) is 11.8 Å². The van der Waals surface area contributed by atoms with Crippen LogP contribution in [0.1, 0.15) is 39.5 Å². The van der Waals surface area contributed by atoms with Gasteiger partial charge in [0.15, 0.2) is 5.78 Å². The van der Waals surface area contributed by atoms with Crippen LogP contribution in [-0.4, -0.2) is 10.9 Å². The van der Waals surface area contributed by atoms with Gasteiger partial charge in [0.25, 0.3) is 0 Å². The topological polar surface area (TPSA) is 61.1 Å². The fourth-order valence-electron chi connectivity index (χ4n) is 3.07. The number of benzene rings is 3. The van der Waals surface area contributed by atoms with Gasteiger partial charge >= 0.3 is 0 Å². The molecule has 3 aromatic carbocycles. The number of hydrogen-bond acceptors (Lipinski definition) is 3. The van der Waals surface area contributed by atoms with E-state index >= 15 is 0 Å². The Hall–Kier alpha value is -3.35. The number of halogens is 1. The average Bonchev–Trinajstić information content (AvgIpc) is 2.68. The van der Waals surface area contributed by atoms with Gasteiger partial charge in [-0.05, 0) is 41.0 Å². The van der Waals surface area contributed by atoms with E-state index in [-0.39, 0.29) is 11.5 Å². The minimum absolute atomic E-state index is 0.0219. The van der Waals surface area contributed by atoms with E-state index in [1.54, 1.807) is 24.3 Å². The summed E-state index contributed by atoms with van der Waals surface area (Å²) in [6.07, 6.45) is 1.88. The number of fused-ring (bicyclic) bond motifs is 2. The van der Waals surface area contributed by atoms with Crippen molar-refractivity contribution in [3.05, 3.63) is 99.6 Å². The second-order valence-corrected chi connectivity index (χ2v) is 6.34. The lowest BCUT2D eigenvalue weighted by Gasteiger charge is -2.21. The summed E-state index contributed by atoms with van der Waals surface area (Å²) in [6, 6.07) is 21.7. The third-order valence-electron chi connectivity index (χ3n) is 4.21. The molecule has 0 bridgehead atoms. The maximum atomic E-state index is 12.7. The van der Waals surface area contributed by atoms with Crippen molar-refractivity contribution in [3.63, 3.8) is 0 Å². The number of rotatable bonds is 1. The SMILES string of the molecule is CC#N.O=C1c2ccccc2C(=Cc2cc(Cl)ccc2O)c2ccccc21. The molecule has 0 aliphatic heterocycles. The Labute approximate surface area is 162 Å². The third-order valence-corrected chi connectivity index (χ3v) is 4.45. The average molecular weight is 374 g/mol. The van der Waals surface area contributed by atoms with Crippen molar-refractivity contribution < 1.29 is 9.90 Å². The van der Waals surface area contributed by atoms with Crippen molar-refractivity contribution in [1.82, 2.24) is 0 Å². The molecule has 132 valence electrons. The minimum atomic E-state index is 0.0219. The standard InChI is InChI=1S/C21H13ClO2.C2H3N/c22-14-9-10-20(23)13(11-14)12-19-15-5-1-3-7-17(15)21(24)18-8-4-2-6-16(18)19;1-2-3/h1-12,23H;1H3. The molecule has 27 heavy (non-hydrogen) atoms. The number of ketones is 1. The second-order valence-electron chi connectivity index (χ2n) is 5.91. The summed E-state index contributed by atoms with van der Waals surface area (Å²) in [5.41, 5.74) is 4.59. The second kappa shape index (κ2) is 7.90. The van der Waals surface area contributed by atoms with E-state index in [0.29, 0.717) is 21.7 Å². The molecule has 4 rings (SSSR count). The maximum absolute atomic E-state index is 12.7. The first-order chi connectivity index (χ1) is 13.1. The van der Waals surface area contributed by atoms with Gasteiger partial charge < -0.3 is 5.11 Å². The molecular formula is C23H16ClNO2. The molecule has 1 aliphatic rings. The highest BCUT2D eigenvalue weighted by Crippen LogP contribution is 2.38. The van der Waals surface area contributed by atoms with Gasteiger partial charge in [0, 0.05) is 28.6 Å². The Kier molecular flexibility index (Phi) is 5.40. The van der Waals surface area contributed by atoms with Gasteiger partial charge in [0.05, 0.1) is 6.07 Å². The molecule has 4 heteroatoms. The van der Waals surface area contributed by atoms with E-state index in [1.807, 2.05) is 54.6 Å². The summed E-state index contributed by atoms with van der Waals surface area (Å²) >= 11 is 6.06. The normalized spacial score (nSPS) is 11.4. The van der Waals surface area contributed by atoms with Gasteiger partial charge in [0.1, 0.15) is 5.75 Å². The van der Waals surface area contributed by atoms with Gasteiger partial charge in [0.2, 0.25) is 0 Å². The fourth-order valence-corrected chi connectivity index (χ4v) is 3.25. The van der Waals surface area contributed by atoms with Crippen LogP contribution in [0.2, 0.25) is 5.02 Å². The number of phenolic OH excluding ortho intramolecular Hbond substituents is 1. The van der Waals surface area contributed by atoms with Gasteiger partial charge in [-0.1, -0.05) is 60.1 Å². The van der Waals surface area contributed by atoms with Crippen LogP contribution < -0.4 is 0 Å². The minimum Gasteiger partial charge on any atom is -0.507 e. The maximum Gasteiger partial charge on any atom is 0.194 e. The molecule has 0 amide bonds. The Morgan fingerprint density at radius 1 is 0.926 bits per heavy atom. The molecule has 0 unspecified atom stereocenters. The Balaban J connectivity index is 0.000000659. The molecule has 3 aromatic rings. The number of nitriles is 1. The molecule has 0 radical (unpaired) electrons. The Morgan fingerprint density at radius 2 is 1.41 bits per heavy atom. The van der Waals surface area contributed by atoms with Crippen LogP contribution in [0.15, 0.2) is 66.7 Å². The third kappa shape index (κ3) is 3.62. The molecule has 0 saturated heterocycles. The van der Waals surface area contributed by atoms with Crippen molar-refractivity contribution in [1.29, 1.82) is 5.26 Å². The lowest BCUT2D eigenvalue weighted by Crippen LogP contribution is -2.14. The molecular weight excluding hydrogens is 358 g/mol. The summed E-state index contributed by atoms with van der Waals surface area (Å²) in [5.74, 6) is 0.174. The van der Waals surface area contributed by atoms with Crippen LogP contribution in [0.5, 0.6) is 5.75 Å². The summed E-state index contributed by atoms with van der Waals surface area (Å²) in [6.45, 7) is 1.43. The quantitative estimate of drug-likeness (QED) is 0.465. The van der Waals surface area contributed by atoms with Crippen molar-refractivity contribution in [2.24, 2.45) is 0 Å². The van der Waals surface area contributed by atoms with E-state index in [0.717, 1.165) is 16.7 Å². The van der Waals surface area contributed by atoms with Crippen molar-refractivity contribution in [2.45, 2.75) is 6.92 Å². The zero-order valence-electron chi connectivity index (χ0n) is 14.6. The lowest BCUT2D eigenvalue weighted by atomic mass is 9.80. The molecule has 0 aromatic heterocycles. The largest absolute Gasteiger partial charge is 0.507 e. The lowest BCUT2D eigenvalue weighted by molar-refractivity contribution is 0.103. The number of hydrogen-bond donors (Lipinski definition) is 1. The van der Waals surface area contributed by atoms with Crippen LogP contribution in [-0.2, 0) is 0 Å². The first kappa shape index (κ1) is 18.4. The number of nitrogens with zero attached hydrogens (tertiary/aromatic N) is 1. The predicted molar refractivity (Wildman–Crippen MR) is 108 cm³/mol. The molecule has 0 atom stereocenters. The summed E-state index contributed by atoms with van der Waals surface area (Å²) in [7, 11) is 0. The molecule has 1 aliphatic carbocycles. The highest BCUT2D eigenvalue weighted by Gasteiger charge is 2.26. The van der Waals surface area contributed by atoms with Gasteiger partial charge in [-0.3, -0.25) is 4.79 Å². The van der Waals surface area contributed by atoms with Gasteiger partial charge in [-0.15, -0.1) is 0 Å². The highest BCUT2D eigenvalue weighted by molar-refractivity contribution is 6.30. The first-order valence-electron chi connectivity index (χ1n) is 8.31. The van der Waals surface area contributed by atoms with E-state index in [9.17, 15) is 9.90 Å². The van der Waals surface area contributed by atoms with E-state index in [4.69, 9.17) is 16.9 Å². The van der Waals surface area contributed by atoms with Crippen LogP contribution in [0.4, 0.5) is 0 Å². The zero-order valence-corrected chi connectivity index (χ0v) is 15.4. The number of carbonyl (C=O) groups excluding carboxylic acids is 1. The fraction of sp³-hybridized carbons (Fsp3) is 0.0435. The molecule has 0 heterocycles. The van der Waals surface area contributed by atoms with Gasteiger partial charge in [-0.2, -0.15) is 5.26 Å². The van der Waals surface area contributed by atoms with Crippen LogP contribution in [0.3, 0.4) is 0 Å². The monoisotopic (exact) mass is 373 g/mol. The van der Waals surface area contributed by atoms with Crippen LogP contribution >= 0.6 is 11.6 Å². The molecule has 1 N–H and O–H groups in total. The van der Waals surface area contributed by atoms with E-state index in [2.05, 4.69) is 0 Å². The molecule has 0 spiro atoms. The molecule has 3 nitrogen and oxygen atoms in total. The van der Waals surface area contributed by atoms with Crippen molar-refractivity contribution >= 4 is 29.0 Å². The smallest absolute Gasteiger partial charge is 0.194 e. The number of aromatic hydroxyl groups is 1. The van der Waals surface area contributed by atoms with Crippen molar-refractivity contribution in [2.75, 3.05) is 0 Å². The van der Waals surface area contributed by atoms with Crippen LogP contribution in [0, 0.1) is 11.3 Å². The zero-order chi connectivity index (χ0) is 19.4. The molecule has 0 fully saturated rings. The Bertz CT molecular complexity index is 1040. The number of phenols is 1. The summed E-state index contributed by atoms with van der Waals surface area (Å²) < 4.78 is 0. The summed E-state index contributed by atoms with van der Waals surface area (Å²) in [4.78, 5) is 12.7. The number of carbonyl (C=O) groups is 1.